The van der Waals surface area contributed by atoms with Crippen molar-refractivity contribution in [3.05, 3.63) is 23.8 Å². The van der Waals surface area contributed by atoms with Gasteiger partial charge in [0.25, 0.3) is 0 Å². The third kappa shape index (κ3) is 2.20. The van der Waals surface area contributed by atoms with E-state index in [0.29, 0.717) is 0 Å². The molecule has 1 rings (SSSR count). The summed E-state index contributed by atoms with van der Waals surface area (Å²) in [7, 11) is 1.67. The summed E-state index contributed by atoms with van der Waals surface area (Å²) in [5.74, 6) is 0. The Balaban J connectivity index is 2.52. The first kappa shape index (κ1) is 8.01. The van der Waals surface area contributed by atoms with E-state index in [1.165, 1.54) is 6.21 Å². The van der Waals surface area contributed by atoms with E-state index >= 15 is 0 Å². The van der Waals surface area contributed by atoms with Gasteiger partial charge < -0.3 is 9.94 Å². The Kier molecular flexibility index (Phi) is 2.86. The number of hydrogen-bond donors (Lipinski definition) is 1. The smallest absolute Gasteiger partial charge is 0.0790 e. The van der Waals surface area contributed by atoms with Crippen molar-refractivity contribution in [3.8, 4) is 0 Å². The van der Waals surface area contributed by atoms with Gasteiger partial charge in [-0.25, -0.2) is 0 Å². The van der Waals surface area contributed by atoms with Crippen LogP contribution in [0.3, 0.4) is 0 Å². The van der Waals surface area contributed by atoms with Gasteiger partial charge in [-0.05, 0) is 12.0 Å². The minimum atomic E-state index is 0.172. The van der Waals surface area contributed by atoms with Crippen molar-refractivity contribution in [2.45, 2.75) is 12.5 Å². The number of ether oxygens (including phenoxy) is 1. The molecule has 0 fully saturated rings. The minimum absolute atomic E-state index is 0.172. The van der Waals surface area contributed by atoms with Gasteiger partial charge in [0.15, 0.2) is 0 Å². The quantitative estimate of drug-likeness (QED) is 0.369. The zero-order valence-corrected chi connectivity index (χ0v) is 6.40. The van der Waals surface area contributed by atoms with Crippen molar-refractivity contribution in [3.63, 3.8) is 0 Å². The minimum Gasteiger partial charge on any atom is -0.411 e. The highest BCUT2D eigenvalue weighted by atomic mass is 16.5. The molecule has 1 unspecified atom stereocenters. The molecule has 0 radical (unpaired) electrons. The average molecular weight is 153 g/mol. The van der Waals surface area contributed by atoms with Gasteiger partial charge in [0, 0.05) is 7.11 Å². The molecule has 1 N–H and O–H groups in total. The number of methoxy groups -OCH3 is 1. The van der Waals surface area contributed by atoms with Crippen LogP contribution in [-0.4, -0.2) is 24.6 Å². The Bertz CT molecular complexity index is 206. The molecule has 0 aliphatic heterocycles. The Morgan fingerprint density at radius 2 is 2.64 bits per heavy atom. The lowest BCUT2D eigenvalue weighted by Crippen LogP contribution is -2.08. The van der Waals surface area contributed by atoms with Crippen molar-refractivity contribution in [1.29, 1.82) is 0 Å². The summed E-state index contributed by atoms with van der Waals surface area (Å²) < 4.78 is 5.08. The van der Waals surface area contributed by atoms with Gasteiger partial charge in [0.05, 0.1) is 12.3 Å². The maximum Gasteiger partial charge on any atom is 0.0790 e. The Hall–Kier alpha value is -1.09. The molecular weight excluding hydrogens is 142 g/mol. The van der Waals surface area contributed by atoms with E-state index in [4.69, 9.17) is 9.94 Å². The van der Waals surface area contributed by atoms with Gasteiger partial charge in [0.1, 0.15) is 0 Å². The molecule has 0 saturated heterocycles. The van der Waals surface area contributed by atoms with Crippen LogP contribution in [0.1, 0.15) is 6.42 Å². The van der Waals surface area contributed by atoms with Crippen LogP contribution in [0.5, 0.6) is 0 Å². The molecule has 11 heavy (non-hydrogen) atoms. The summed E-state index contributed by atoms with van der Waals surface area (Å²) in [6.45, 7) is 0. The number of nitrogens with zero attached hydrogens (tertiary/aromatic N) is 1. The lowest BCUT2D eigenvalue weighted by molar-refractivity contribution is 0.142. The first-order valence-corrected chi connectivity index (χ1v) is 3.45. The molecule has 0 amide bonds. The molecule has 0 saturated carbocycles. The second-order valence-electron chi connectivity index (χ2n) is 2.32. The van der Waals surface area contributed by atoms with Gasteiger partial charge in [-0.1, -0.05) is 23.4 Å². The summed E-state index contributed by atoms with van der Waals surface area (Å²) in [4.78, 5) is 0. The number of allylic oxidation sites excluding steroid dienone is 2. The van der Waals surface area contributed by atoms with Crippen molar-refractivity contribution in [2.75, 3.05) is 7.11 Å². The molecule has 3 heteroatoms. The molecule has 0 spiro atoms. The largest absolute Gasteiger partial charge is 0.411 e. The van der Waals surface area contributed by atoms with Crippen molar-refractivity contribution >= 4 is 6.21 Å². The van der Waals surface area contributed by atoms with Gasteiger partial charge >= 0.3 is 0 Å². The predicted octanol–water partition coefficient (Wildman–Crippen LogP) is 1.35. The normalized spacial score (nSPS) is 24.1. The Morgan fingerprint density at radius 1 is 1.82 bits per heavy atom. The molecule has 0 aromatic carbocycles. The number of oxime groups is 1. The fraction of sp³-hybridized carbons (Fsp3) is 0.375. The zero-order chi connectivity index (χ0) is 8.10. The summed E-state index contributed by atoms with van der Waals surface area (Å²) in [5.41, 5.74) is 0.917. The van der Waals surface area contributed by atoms with Crippen LogP contribution in [0.15, 0.2) is 29.0 Å². The number of rotatable bonds is 2. The van der Waals surface area contributed by atoms with Crippen molar-refractivity contribution < 1.29 is 9.94 Å². The highest BCUT2D eigenvalue weighted by Crippen LogP contribution is 2.10. The molecule has 1 aliphatic carbocycles. The van der Waals surface area contributed by atoms with Crippen molar-refractivity contribution in [1.82, 2.24) is 0 Å². The lowest BCUT2D eigenvalue weighted by Gasteiger charge is -2.11. The Morgan fingerprint density at radius 3 is 3.09 bits per heavy atom. The predicted molar refractivity (Wildman–Crippen MR) is 42.9 cm³/mol. The van der Waals surface area contributed by atoms with Gasteiger partial charge in [0.2, 0.25) is 0 Å². The van der Waals surface area contributed by atoms with Gasteiger partial charge in [-0.15, -0.1) is 0 Å². The van der Waals surface area contributed by atoms with E-state index in [2.05, 4.69) is 5.16 Å². The monoisotopic (exact) mass is 153 g/mol. The van der Waals surface area contributed by atoms with E-state index in [1.807, 2.05) is 18.2 Å². The second kappa shape index (κ2) is 3.93. The first-order valence-electron chi connectivity index (χ1n) is 3.45. The fourth-order valence-corrected chi connectivity index (χ4v) is 0.954. The van der Waals surface area contributed by atoms with Crippen LogP contribution < -0.4 is 0 Å². The zero-order valence-electron chi connectivity index (χ0n) is 6.40. The van der Waals surface area contributed by atoms with E-state index < -0.39 is 0 Å². The van der Waals surface area contributed by atoms with Crippen LogP contribution in [0, 0.1) is 0 Å². The summed E-state index contributed by atoms with van der Waals surface area (Å²) in [6.07, 6.45) is 8.20. The highest BCUT2D eigenvalue weighted by molar-refractivity contribution is 5.82. The van der Waals surface area contributed by atoms with Crippen LogP contribution in [0.25, 0.3) is 0 Å². The SMILES string of the molecule is COC1C=CC(/C=N/O)=CC1. The highest BCUT2D eigenvalue weighted by Gasteiger charge is 2.04. The molecular formula is C8H11NO2. The molecule has 1 aliphatic rings. The first-order chi connectivity index (χ1) is 5.36. The van der Waals surface area contributed by atoms with E-state index in [1.54, 1.807) is 7.11 Å². The molecule has 1 atom stereocenters. The third-order valence-corrected chi connectivity index (χ3v) is 1.60. The van der Waals surface area contributed by atoms with Crippen molar-refractivity contribution in [2.24, 2.45) is 5.16 Å². The van der Waals surface area contributed by atoms with E-state index in [0.717, 1.165) is 12.0 Å². The van der Waals surface area contributed by atoms with Crippen LogP contribution >= 0.6 is 0 Å². The molecule has 0 aromatic heterocycles. The number of hydrogen-bond acceptors (Lipinski definition) is 3. The third-order valence-electron chi connectivity index (χ3n) is 1.60. The van der Waals surface area contributed by atoms with Gasteiger partial charge in [-0.2, -0.15) is 0 Å². The van der Waals surface area contributed by atoms with Crippen LogP contribution in [0.4, 0.5) is 0 Å². The summed E-state index contributed by atoms with van der Waals surface area (Å²) in [6, 6.07) is 0. The summed E-state index contributed by atoms with van der Waals surface area (Å²) in [5, 5.41) is 11.1. The molecule has 0 aromatic rings. The molecule has 0 heterocycles. The maximum absolute atomic E-state index is 8.21. The lowest BCUT2D eigenvalue weighted by atomic mass is 10.1. The van der Waals surface area contributed by atoms with Crippen LogP contribution in [-0.2, 0) is 4.74 Å². The topological polar surface area (TPSA) is 41.8 Å². The fourth-order valence-electron chi connectivity index (χ4n) is 0.954. The maximum atomic E-state index is 8.21. The van der Waals surface area contributed by atoms with E-state index in [-0.39, 0.29) is 6.10 Å². The second-order valence-corrected chi connectivity index (χ2v) is 2.32. The Labute approximate surface area is 65.7 Å². The van der Waals surface area contributed by atoms with Crippen LogP contribution in [0.2, 0.25) is 0 Å². The molecule has 60 valence electrons. The molecule has 3 nitrogen and oxygen atoms in total. The standard InChI is InChI=1S/C8H11NO2/c1-11-8-4-2-7(3-5-8)6-9-10/h2-4,6,8,10H,5H2,1H3/b9-6+. The molecule has 0 bridgehead atoms. The van der Waals surface area contributed by atoms with E-state index in [9.17, 15) is 0 Å². The average Bonchev–Trinajstić information content (AvgIpc) is 2.07. The van der Waals surface area contributed by atoms with Gasteiger partial charge in [-0.3, -0.25) is 0 Å². The summed E-state index contributed by atoms with van der Waals surface area (Å²) >= 11 is 0.